The highest BCUT2D eigenvalue weighted by Crippen LogP contribution is 2.03. The van der Waals surface area contributed by atoms with Gasteiger partial charge in [0.15, 0.2) is 0 Å². The topological polar surface area (TPSA) is 38.1 Å². The first-order chi connectivity index (χ1) is 7.86. The molecule has 3 nitrogen and oxygen atoms in total. The molecule has 2 heterocycles. The molecule has 0 aliphatic heterocycles. The summed E-state index contributed by atoms with van der Waals surface area (Å²) < 4.78 is 5.26. The fraction of sp³-hybridized carbons (Fsp3) is 0.308. The molecule has 0 unspecified atom stereocenters. The van der Waals surface area contributed by atoms with E-state index in [0.29, 0.717) is 0 Å². The molecule has 0 fully saturated rings. The average Bonchev–Trinajstić information content (AvgIpc) is 2.79. The summed E-state index contributed by atoms with van der Waals surface area (Å²) in [6, 6.07) is 7.98. The van der Waals surface area contributed by atoms with Crippen LogP contribution in [-0.4, -0.2) is 11.5 Å². The smallest absolute Gasteiger partial charge is 0.105 e. The Morgan fingerprint density at radius 2 is 2.25 bits per heavy atom. The summed E-state index contributed by atoms with van der Waals surface area (Å²) in [5.74, 6) is 1.02. The zero-order chi connectivity index (χ0) is 11.2. The van der Waals surface area contributed by atoms with Crippen LogP contribution in [0.25, 0.3) is 0 Å². The van der Waals surface area contributed by atoms with Gasteiger partial charge in [0.1, 0.15) is 5.76 Å². The largest absolute Gasteiger partial charge is 0.469 e. The minimum Gasteiger partial charge on any atom is -0.469 e. The number of pyridine rings is 1. The molecule has 2 aromatic heterocycles. The van der Waals surface area contributed by atoms with Gasteiger partial charge < -0.3 is 9.73 Å². The summed E-state index contributed by atoms with van der Waals surface area (Å²) in [4.78, 5) is 4.25. The Morgan fingerprint density at radius 1 is 1.31 bits per heavy atom. The number of hydrogen-bond acceptors (Lipinski definition) is 3. The van der Waals surface area contributed by atoms with E-state index in [1.54, 1.807) is 6.26 Å². The van der Waals surface area contributed by atoms with Crippen LogP contribution in [0, 0.1) is 6.92 Å². The molecule has 0 radical (unpaired) electrons. The Balaban J connectivity index is 1.74. The van der Waals surface area contributed by atoms with Crippen molar-refractivity contribution < 1.29 is 4.42 Å². The van der Waals surface area contributed by atoms with E-state index in [0.717, 1.165) is 31.0 Å². The molecule has 0 atom stereocenters. The third-order valence-electron chi connectivity index (χ3n) is 2.56. The first-order valence-corrected chi connectivity index (χ1v) is 5.50. The van der Waals surface area contributed by atoms with E-state index >= 15 is 0 Å². The maximum absolute atomic E-state index is 5.26. The minimum absolute atomic E-state index is 0.861. The quantitative estimate of drug-likeness (QED) is 0.779. The van der Waals surface area contributed by atoms with E-state index in [9.17, 15) is 0 Å². The third-order valence-corrected chi connectivity index (χ3v) is 2.56. The van der Waals surface area contributed by atoms with Crippen LogP contribution < -0.4 is 5.32 Å². The summed E-state index contributed by atoms with van der Waals surface area (Å²) in [5.41, 5.74) is 2.34. The van der Waals surface area contributed by atoms with Crippen LogP contribution in [0.3, 0.4) is 0 Å². The Morgan fingerprint density at radius 3 is 3.00 bits per heavy atom. The second-order valence-electron chi connectivity index (χ2n) is 3.75. The lowest BCUT2D eigenvalue weighted by molar-refractivity contribution is 0.498. The highest BCUT2D eigenvalue weighted by molar-refractivity contribution is 5.17. The van der Waals surface area contributed by atoms with Gasteiger partial charge in [-0.25, -0.2) is 0 Å². The SMILES string of the molecule is Cc1ncccc1CNCCc1ccco1. The highest BCUT2D eigenvalue weighted by Gasteiger charge is 1.98. The van der Waals surface area contributed by atoms with Crippen molar-refractivity contribution in [2.24, 2.45) is 0 Å². The number of nitrogens with zero attached hydrogens (tertiary/aromatic N) is 1. The monoisotopic (exact) mass is 216 g/mol. The van der Waals surface area contributed by atoms with Crippen molar-refractivity contribution >= 4 is 0 Å². The lowest BCUT2D eigenvalue weighted by Gasteiger charge is -2.05. The maximum Gasteiger partial charge on any atom is 0.105 e. The highest BCUT2D eigenvalue weighted by atomic mass is 16.3. The van der Waals surface area contributed by atoms with Crippen molar-refractivity contribution in [2.75, 3.05) is 6.54 Å². The molecule has 0 amide bonds. The van der Waals surface area contributed by atoms with Crippen LogP contribution in [0.1, 0.15) is 17.0 Å². The first kappa shape index (κ1) is 10.9. The van der Waals surface area contributed by atoms with Gasteiger partial charge in [-0.3, -0.25) is 4.98 Å². The van der Waals surface area contributed by atoms with E-state index in [-0.39, 0.29) is 0 Å². The minimum atomic E-state index is 0.861. The van der Waals surface area contributed by atoms with Crippen molar-refractivity contribution in [3.8, 4) is 0 Å². The molecular formula is C13H16N2O. The van der Waals surface area contributed by atoms with Crippen molar-refractivity contribution in [3.63, 3.8) is 0 Å². The summed E-state index contributed by atoms with van der Waals surface area (Å²) >= 11 is 0. The number of aryl methyl sites for hydroxylation is 1. The predicted octanol–water partition coefficient (Wildman–Crippen LogP) is 2.32. The number of hydrogen-bond donors (Lipinski definition) is 1. The summed E-state index contributed by atoms with van der Waals surface area (Å²) in [6.45, 7) is 3.81. The molecule has 16 heavy (non-hydrogen) atoms. The van der Waals surface area contributed by atoms with Gasteiger partial charge in [0.05, 0.1) is 6.26 Å². The molecular weight excluding hydrogens is 200 g/mol. The van der Waals surface area contributed by atoms with Gasteiger partial charge in [-0.2, -0.15) is 0 Å². The zero-order valence-corrected chi connectivity index (χ0v) is 9.44. The molecule has 0 spiro atoms. The van der Waals surface area contributed by atoms with Gasteiger partial charge in [0, 0.05) is 31.4 Å². The fourth-order valence-electron chi connectivity index (χ4n) is 1.59. The third kappa shape index (κ3) is 2.94. The molecule has 2 aromatic rings. The maximum atomic E-state index is 5.26. The van der Waals surface area contributed by atoms with Crippen molar-refractivity contribution in [3.05, 3.63) is 53.7 Å². The second kappa shape index (κ2) is 5.47. The van der Waals surface area contributed by atoms with Crippen molar-refractivity contribution in [1.29, 1.82) is 0 Å². The first-order valence-electron chi connectivity index (χ1n) is 5.50. The van der Waals surface area contributed by atoms with Gasteiger partial charge >= 0.3 is 0 Å². The lowest BCUT2D eigenvalue weighted by atomic mass is 10.2. The standard InChI is InChI=1S/C13H16N2O/c1-11-12(4-2-7-15-11)10-14-8-6-13-5-3-9-16-13/h2-5,7,9,14H,6,8,10H2,1H3. The number of rotatable bonds is 5. The molecule has 0 saturated carbocycles. The average molecular weight is 216 g/mol. The van der Waals surface area contributed by atoms with Crippen LogP contribution in [0.4, 0.5) is 0 Å². The van der Waals surface area contributed by atoms with Crippen LogP contribution in [0.2, 0.25) is 0 Å². The van der Waals surface area contributed by atoms with Crippen LogP contribution in [0.5, 0.6) is 0 Å². The van der Waals surface area contributed by atoms with E-state index in [2.05, 4.69) is 16.4 Å². The molecule has 0 bridgehead atoms. The van der Waals surface area contributed by atoms with E-state index in [1.807, 2.05) is 31.3 Å². The van der Waals surface area contributed by atoms with Gasteiger partial charge in [-0.1, -0.05) is 6.07 Å². The molecule has 1 N–H and O–H groups in total. The molecule has 2 rings (SSSR count). The van der Waals surface area contributed by atoms with Crippen molar-refractivity contribution in [1.82, 2.24) is 10.3 Å². The second-order valence-corrected chi connectivity index (χ2v) is 3.75. The summed E-state index contributed by atoms with van der Waals surface area (Å²) in [6.07, 6.45) is 4.45. The molecule has 0 saturated heterocycles. The van der Waals surface area contributed by atoms with Gasteiger partial charge in [-0.15, -0.1) is 0 Å². The Bertz CT molecular complexity index is 423. The van der Waals surface area contributed by atoms with E-state index in [1.165, 1.54) is 5.56 Å². The zero-order valence-electron chi connectivity index (χ0n) is 9.44. The summed E-state index contributed by atoms with van der Waals surface area (Å²) in [5, 5.41) is 3.38. The molecule has 84 valence electrons. The Hall–Kier alpha value is -1.61. The molecule has 0 aromatic carbocycles. The molecule has 3 heteroatoms. The summed E-state index contributed by atoms with van der Waals surface area (Å²) in [7, 11) is 0. The fourth-order valence-corrected chi connectivity index (χ4v) is 1.59. The Labute approximate surface area is 95.5 Å². The van der Waals surface area contributed by atoms with Gasteiger partial charge in [0.2, 0.25) is 0 Å². The van der Waals surface area contributed by atoms with Crippen molar-refractivity contribution in [2.45, 2.75) is 19.9 Å². The number of nitrogens with one attached hydrogen (secondary N) is 1. The van der Waals surface area contributed by atoms with Crippen LogP contribution >= 0.6 is 0 Å². The number of furan rings is 1. The molecule has 0 aliphatic carbocycles. The lowest BCUT2D eigenvalue weighted by Crippen LogP contribution is -2.17. The number of aromatic nitrogens is 1. The van der Waals surface area contributed by atoms with Crippen LogP contribution in [0.15, 0.2) is 41.1 Å². The van der Waals surface area contributed by atoms with E-state index < -0.39 is 0 Å². The van der Waals surface area contributed by atoms with Crippen LogP contribution in [-0.2, 0) is 13.0 Å². The normalized spacial score (nSPS) is 10.6. The van der Waals surface area contributed by atoms with E-state index in [4.69, 9.17) is 4.42 Å². The van der Waals surface area contributed by atoms with Gasteiger partial charge in [0.25, 0.3) is 0 Å². The van der Waals surface area contributed by atoms with Gasteiger partial charge in [-0.05, 0) is 30.7 Å². The Kier molecular flexibility index (Phi) is 3.72. The molecule has 0 aliphatic rings. The predicted molar refractivity (Wildman–Crippen MR) is 63.1 cm³/mol.